The lowest BCUT2D eigenvalue weighted by Gasteiger charge is -2.09. The minimum absolute atomic E-state index is 0.176. The van der Waals surface area contributed by atoms with Crippen molar-refractivity contribution in [1.82, 2.24) is 5.32 Å². The third-order valence-electron chi connectivity index (χ3n) is 3.70. The lowest BCUT2D eigenvalue weighted by atomic mass is 10.2. The molecule has 0 fully saturated rings. The summed E-state index contributed by atoms with van der Waals surface area (Å²) >= 11 is 0. The molecule has 0 saturated heterocycles. The van der Waals surface area contributed by atoms with Crippen molar-refractivity contribution in [3.63, 3.8) is 0 Å². The van der Waals surface area contributed by atoms with E-state index in [0.29, 0.717) is 19.8 Å². The maximum atomic E-state index is 11.8. The molecule has 0 aliphatic carbocycles. The molecule has 0 saturated carbocycles. The summed E-state index contributed by atoms with van der Waals surface area (Å²) in [4.78, 5) is 11.8. The first-order chi connectivity index (χ1) is 12.2. The van der Waals surface area contributed by atoms with E-state index in [9.17, 15) is 4.79 Å². The monoisotopic (exact) mass is 342 g/mol. The molecule has 2 N–H and O–H groups in total. The van der Waals surface area contributed by atoms with Gasteiger partial charge in [0.15, 0.2) is 0 Å². The van der Waals surface area contributed by atoms with Crippen molar-refractivity contribution in [2.45, 2.75) is 33.0 Å². The standard InChI is InChI=1S/C20H26N2O3/c1-3-4-12-21-20(23)22-18-7-5-6-17(13-18)15-25-14-16-8-10-19(24-2)11-9-16/h5-11,13H,3-4,12,14-15H2,1-2H3,(H2,21,22,23). The van der Waals surface area contributed by atoms with Crippen molar-refractivity contribution in [2.24, 2.45) is 0 Å². The average molecular weight is 342 g/mol. The highest BCUT2D eigenvalue weighted by Gasteiger charge is 2.02. The number of unbranched alkanes of at least 4 members (excludes halogenated alkanes) is 1. The van der Waals surface area contributed by atoms with Gasteiger partial charge in [0.1, 0.15) is 5.75 Å². The van der Waals surface area contributed by atoms with Gasteiger partial charge in [-0.3, -0.25) is 0 Å². The topological polar surface area (TPSA) is 59.6 Å². The Bertz CT molecular complexity index is 656. The number of nitrogens with one attached hydrogen (secondary N) is 2. The van der Waals surface area contributed by atoms with Gasteiger partial charge in [0.2, 0.25) is 0 Å². The van der Waals surface area contributed by atoms with Crippen molar-refractivity contribution in [2.75, 3.05) is 19.0 Å². The zero-order chi connectivity index (χ0) is 17.9. The SMILES string of the molecule is CCCCNC(=O)Nc1cccc(COCc2ccc(OC)cc2)c1. The fourth-order valence-electron chi connectivity index (χ4n) is 2.30. The van der Waals surface area contributed by atoms with Crippen LogP contribution in [-0.4, -0.2) is 19.7 Å². The van der Waals surface area contributed by atoms with E-state index in [2.05, 4.69) is 17.6 Å². The van der Waals surface area contributed by atoms with Crippen LogP contribution < -0.4 is 15.4 Å². The number of benzene rings is 2. The number of amides is 2. The maximum absolute atomic E-state index is 11.8. The van der Waals surface area contributed by atoms with E-state index in [1.54, 1.807) is 7.11 Å². The Morgan fingerprint density at radius 1 is 1.04 bits per heavy atom. The Balaban J connectivity index is 1.79. The molecule has 2 aromatic carbocycles. The summed E-state index contributed by atoms with van der Waals surface area (Å²) in [5.41, 5.74) is 2.87. The maximum Gasteiger partial charge on any atom is 0.319 e. The highest BCUT2D eigenvalue weighted by Crippen LogP contribution is 2.14. The third kappa shape index (κ3) is 6.85. The van der Waals surface area contributed by atoms with Gasteiger partial charge in [-0.05, 0) is 41.8 Å². The van der Waals surface area contributed by atoms with E-state index in [0.717, 1.165) is 35.4 Å². The quantitative estimate of drug-likeness (QED) is 0.667. The second-order valence-corrected chi connectivity index (χ2v) is 5.78. The smallest absolute Gasteiger partial charge is 0.319 e. The molecule has 0 aliphatic rings. The van der Waals surface area contributed by atoms with Gasteiger partial charge in [0, 0.05) is 12.2 Å². The normalized spacial score (nSPS) is 10.3. The van der Waals surface area contributed by atoms with E-state index in [-0.39, 0.29) is 6.03 Å². The molecule has 5 nitrogen and oxygen atoms in total. The third-order valence-corrected chi connectivity index (χ3v) is 3.70. The lowest BCUT2D eigenvalue weighted by Crippen LogP contribution is -2.29. The zero-order valence-corrected chi connectivity index (χ0v) is 14.9. The van der Waals surface area contributed by atoms with Crippen molar-refractivity contribution in [3.8, 4) is 5.75 Å². The number of urea groups is 1. The van der Waals surface area contributed by atoms with Crippen LogP contribution in [0.5, 0.6) is 5.75 Å². The van der Waals surface area contributed by atoms with Gasteiger partial charge in [0.05, 0.1) is 20.3 Å². The molecule has 0 radical (unpaired) electrons. The highest BCUT2D eigenvalue weighted by molar-refractivity contribution is 5.89. The summed E-state index contributed by atoms with van der Waals surface area (Å²) in [7, 11) is 1.65. The van der Waals surface area contributed by atoms with Crippen LogP contribution in [0.15, 0.2) is 48.5 Å². The van der Waals surface area contributed by atoms with E-state index in [4.69, 9.17) is 9.47 Å². The number of carbonyl (C=O) groups excluding carboxylic acids is 1. The van der Waals surface area contributed by atoms with Crippen molar-refractivity contribution < 1.29 is 14.3 Å². The minimum atomic E-state index is -0.176. The van der Waals surface area contributed by atoms with Gasteiger partial charge in [-0.25, -0.2) is 4.79 Å². The zero-order valence-electron chi connectivity index (χ0n) is 14.9. The van der Waals surface area contributed by atoms with E-state index < -0.39 is 0 Å². The van der Waals surface area contributed by atoms with Crippen LogP contribution in [0.2, 0.25) is 0 Å². The van der Waals surface area contributed by atoms with Crippen LogP contribution in [0.3, 0.4) is 0 Å². The molecule has 134 valence electrons. The molecule has 0 aliphatic heterocycles. The van der Waals surface area contributed by atoms with Gasteiger partial charge in [-0.15, -0.1) is 0 Å². The molecule has 0 unspecified atom stereocenters. The predicted molar refractivity (Wildman–Crippen MR) is 99.9 cm³/mol. The largest absolute Gasteiger partial charge is 0.497 e. The molecular formula is C20H26N2O3. The number of rotatable bonds is 9. The number of methoxy groups -OCH3 is 1. The Hall–Kier alpha value is -2.53. The number of hydrogen-bond donors (Lipinski definition) is 2. The molecule has 0 bridgehead atoms. The van der Waals surface area contributed by atoms with Crippen LogP contribution in [0, 0.1) is 0 Å². The first-order valence-electron chi connectivity index (χ1n) is 8.55. The van der Waals surface area contributed by atoms with Crippen LogP contribution >= 0.6 is 0 Å². The molecular weight excluding hydrogens is 316 g/mol. The summed E-state index contributed by atoms with van der Waals surface area (Å²) in [6, 6.07) is 15.3. The van der Waals surface area contributed by atoms with E-state index in [1.807, 2.05) is 48.5 Å². The second-order valence-electron chi connectivity index (χ2n) is 5.78. The van der Waals surface area contributed by atoms with E-state index >= 15 is 0 Å². The summed E-state index contributed by atoms with van der Waals surface area (Å²) < 4.78 is 10.9. The summed E-state index contributed by atoms with van der Waals surface area (Å²) in [6.07, 6.45) is 2.04. The fraction of sp³-hybridized carbons (Fsp3) is 0.350. The molecule has 2 rings (SSSR count). The highest BCUT2D eigenvalue weighted by atomic mass is 16.5. The van der Waals surface area contributed by atoms with Crippen LogP contribution in [0.4, 0.5) is 10.5 Å². The molecule has 0 atom stereocenters. The number of carbonyl (C=O) groups is 1. The van der Waals surface area contributed by atoms with Gasteiger partial charge < -0.3 is 20.1 Å². The Labute approximate surface area is 149 Å². The van der Waals surface area contributed by atoms with Crippen LogP contribution in [0.1, 0.15) is 30.9 Å². The summed E-state index contributed by atoms with van der Waals surface area (Å²) in [5, 5.41) is 5.68. The molecule has 25 heavy (non-hydrogen) atoms. The predicted octanol–water partition coefficient (Wildman–Crippen LogP) is 4.33. The Kier molecular flexibility index (Phi) is 7.79. The molecule has 0 spiro atoms. The first kappa shape index (κ1) is 18.8. The van der Waals surface area contributed by atoms with Gasteiger partial charge in [0.25, 0.3) is 0 Å². The lowest BCUT2D eigenvalue weighted by molar-refractivity contribution is 0.107. The Morgan fingerprint density at radius 3 is 2.52 bits per heavy atom. The summed E-state index contributed by atoms with van der Waals surface area (Å²) in [6.45, 7) is 3.79. The summed E-state index contributed by atoms with van der Waals surface area (Å²) in [5.74, 6) is 0.833. The van der Waals surface area contributed by atoms with Crippen LogP contribution in [-0.2, 0) is 18.0 Å². The number of hydrogen-bond acceptors (Lipinski definition) is 3. The van der Waals surface area contributed by atoms with Gasteiger partial charge in [-0.1, -0.05) is 37.6 Å². The Morgan fingerprint density at radius 2 is 1.80 bits per heavy atom. The minimum Gasteiger partial charge on any atom is -0.497 e. The van der Waals surface area contributed by atoms with Crippen molar-refractivity contribution >= 4 is 11.7 Å². The van der Waals surface area contributed by atoms with Gasteiger partial charge >= 0.3 is 6.03 Å². The molecule has 2 amide bonds. The van der Waals surface area contributed by atoms with Crippen LogP contribution in [0.25, 0.3) is 0 Å². The molecule has 2 aromatic rings. The molecule has 5 heteroatoms. The molecule has 0 aromatic heterocycles. The first-order valence-corrected chi connectivity index (χ1v) is 8.55. The van der Waals surface area contributed by atoms with Crippen molar-refractivity contribution in [3.05, 3.63) is 59.7 Å². The van der Waals surface area contributed by atoms with E-state index in [1.165, 1.54) is 0 Å². The van der Waals surface area contributed by atoms with Crippen molar-refractivity contribution in [1.29, 1.82) is 0 Å². The van der Waals surface area contributed by atoms with Gasteiger partial charge in [-0.2, -0.15) is 0 Å². The average Bonchev–Trinajstić information content (AvgIpc) is 2.63. The fourth-order valence-corrected chi connectivity index (χ4v) is 2.30. The number of anilines is 1. The molecule has 0 heterocycles. The second kappa shape index (κ2) is 10.4. The number of ether oxygens (including phenoxy) is 2.